The molecular weight excluding hydrogens is 246 g/mol. The molecule has 2 rings (SSSR count). The summed E-state index contributed by atoms with van der Waals surface area (Å²) < 4.78 is 32.4. The quantitative estimate of drug-likeness (QED) is 0.901. The zero-order chi connectivity index (χ0) is 13.3. The van der Waals surface area contributed by atoms with Gasteiger partial charge in [-0.15, -0.1) is 0 Å². The molecule has 5 nitrogen and oxygen atoms in total. The topological polar surface area (TPSA) is 64.4 Å². The summed E-state index contributed by atoms with van der Waals surface area (Å²) in [7, 11) is 1.42. The van der Waals surface area contributed by atoms with E-state index in [4.69, 9.17) is 9.84 Å². The highest BCUT2D eigenvalue weighted by atomic mass is 19.2. The molecule has 0 unspecified atom stereocenters. The summed E-state index contributed by atoms with van der Waals surface area (Å²) in [5, 5.41) is 8.80. The maximum absolute atomic E-state index is 13.2. The van der Waals surface area contributed by atoms with E-state index in [9.17, 15) is 13.6 Å². The molecule has 1 aromatic heterocycles. The Hall–Kier alpha value is -2.02. The van der Waals surface area contributed by atoms with Crippen molar-refractivity contribution in [2.45, 2.75) is 13.2 Å². The van der Waals surface area contributed by atoms with E-state index in [0.717, 1.165) is 12.1 Å². The van der Waals surface area contributed by atoms with Crippen molar-refractivity contribution in [3.05, 3.63) is 29.6 Å². The number of hydrogen-bond donors (Lipinski definition) is 1. The number of hydrogen-bond acceptors (Lipinski definition) is 3. The summed E-state index contributed by atoms with van der Waals surface area (Å²) in [5.41, 5.74) is 0.422. The number of carboxylic acids is 1. The van der Waals surface area contributed by atoms with E-state index in [1.54, 1.807) is 0 Å². The van der Waals surface area contributed by atoms with Crippen molar-refractivity contribution in [2.24, 2.45) is 0 Å². The molecule has 0 radical (unpaired) electrons. The Morgan fingerprint density at radius 2 is 2.11 bits per heavy atom. The Morgan fingerprint density at radius 1 is 1.44 bits per heavy atom. The number of rotatable bonds is 4. The predicted octanol–water partition coefficient (Wildman–Crippen LogP) is 1.55. The third-order valence-corrected chi connectivity index (χ3v) is 2.44. The van der Waals surface area contributed by atoms with Crippen molar-refractivity contribution in [1.82, 2.24) is 9.55 Å². The van der Waals surface area contributed by atoms with Crippen LogP contribution in [-0.2, 0) is 22.7 Å². The third kappa shape index (κ3) is 2.17. The van der Waals surface area contributed by atoms with E-state index < -0.39 is 17.6 Å². The summed E-state index contributed by atoms with van der Waals surface area (Å²) in [5.74, 6) is -2.86. The number of halogens is 2. The number of nitrogens with zero attached hydrogens (tertiary/aromatic N) is 2. The Kier molecular flexibility index (Phi) is 3.24. The van der Waals surface area contributed by atoms with Crippen molar-refractivity contribution in [3.8, 4) is 0 Å². The highest BCUT2D eigenvalue weighted by Gasteiger charge is 2.15. The van der Waals surface area contributed by atoms with E-state index in [0.29, 0.717) is 5.82 Å². The lowest BCUT2D eigenvalue weighted by atomic mass is 10.3. The Balaban J connectivity index is 2.64. The van der Waals surface area contributed by atoms with Crippen molar-refractivity contribution >= 4 is 17.0 Å². The highest BCUT2D eigenvalue weighted by Crippen LogP contribution is 2.20. The summed E-state index contributed by atoms with van der Waals surface area (Å²) in [6, 6.07) is 1.86. The molecule has 0 aliphatic rings. The SMILES string of the molecule is COCc1nc2cc(F)c(F)cc2n1CC(=O)O. The third-order valence-electron chi connectivity index (χ3n) is 2.44. The minimum Gasteiger partial charge on any atom is -0.480 e. The van der Waals surface area contributed by atoms with Gasteiger partial charge in [-0.2, -0.15) is 0 Å². The maximum atomic E-state index is 13.2. The Bertz CT molecular complexity index is 610. The molecule has 7 heteroatoms. The first-order valence-electron chi connectivity index (χ1n) is 5.08. The van der Waals surface area contributed by atoms with Gasteiger partial charge in [-0.25, -0.2) is 13.8 Å². The molecule has 1 heterocycles. The number of fused-ring (bicyclic) bond motifs is 1. The van der Waals surface area contributed by atoms with Crippen LogP contribution in [0.2, 0.25) is 0 Å². The summed E-state index contributed by atoms with van der Waals surface area (Å²) in [6.07, 6.45) is 0. The minimum absolute atomic E-state index is 0.0607. The van der Waals surface area contributed by atoms with Crippen molar-refractivity contribution in [3.63, 3.8) is 0 Å². The van der Waals surface area contributed by atoms with Gasteiger partial charge in [0.05, 0.1) is 11.0 Å². The van der Waals surface area contributed by atoms with Crippen LogP contribution < -0.4 is 0 Å². The van der Waals surface area contributed by atoms with Gasteiger partial charge >= 0.3 is 5.97 Å². The average molecular weight is 256 g/mol. The minimum atomic E-state index is -1.10. The summed E-state index contributed by atoms with van der Waals surface area (Å²) in [6.45, 7) is -0.328. The monoisotopic (exact) mass is 256 g/mol. The van der Waals surface area contributed by atoms with Crippen LogP contribution in [0, 0.1) is 11.6 Å². The molecule has 18 heavy (non-hydrogen) atoms. The first-order valence-corrected chi connectivity index (χ1v) is 5.08. The smallest absolute Gasteiger partial charge is 0.323 e. The van der Waals surface area contributed by atoms with Crippen molar-refractivity contribution < 1.29 is 23.4 Å². The molecule has 1 N–H and O–H groups in total. The largest absolute Gasteiger partial charge is 0.480 e. The number of aliphatic carboxylic acids is 1. The van der Waals surface area contributed by atoms with E-state index in [2.05, 4.69) is 4.98 Å². The van der Waals surface area contributed by atoms with Crippen LogP contribution in [0.1, 0.15) is 5.82 Å². The van der Waals surface area contributed by atoms with Crippen LogP contribution in [0.25, 0.3) is 11.0 Å². The first kappa shape index (κ1) is 12.4. The average Bonchev–Trinajstić information content (AvgIpc) is 2.58. The molecule has 0 aliphatic carbocycles. The van der Waals surface area contributed by atoms with Gasteiger partial charge in [0.1, 0.15) is 19.0 Å². The van der Waals surface area contributed by atoms with Crippen molar-refractivity contribution in [1.29, 1.82) is 0 Å². The molecule has 0 spiro atoms. The second kappa shape index (κ2) is 4.69. The zero-order valence-electron chi connectivity index (χ0n) is 9.48. The molecular formula is C11H10F2N2O3. The van der Waals surface area contributed by atoms with Gasteiger partial charge in [0.25, 0.3) is 0 Å². The molecule has 0 saturated heterocycles. The van der Waals surface area contributed by atoms with Crippen LogP contribution in [0.15, 0.2) is 12.1 Å². The number of carbonyl (C=O) groups is 1. The molecule has 0 fully saturated rings. The molecule has 96 valence electrons. The number of benzene rings is 1. The fourth-order valence-corrected chi connectivity index (χ4v) is 1.72. The second-order valence-corrected chi connectivity index (χ2v) is 3.70. The van der Waals surface area contributed by atoms with Crippen molar-refractivity contribution in [2.75, 3.05) is 7.11 Å². The fraction of sp³-hybridized carbons (Fsp3) is 0.273. The molecule has 2 aromatic rings. The van der Waals surface area contributed by atoms with Gasteiger partial charge in [0.15, 0.2) is 11.6 Å². The standard InChI is InChI=1S/C11H10F2N2O3/c1-18-5-10-14-8-2-6(12)7(13)3-9(8)15(10)4-11(16)17/h2-3H,4-5H2,1H3,(H,16,17). The number of aromatic nitrogens is 2. The molecule has 0 saturated carbocycles. The number of carboxylic acid groups (broad SMARTS) is 1. The number of ether oxygens (including phenoxy) is 1. The normalized spacial score (nSPS) is 11.1. The second-order valence-electron chi connectivity index (χ2n) is 3.70. The lowest BCUT2D eigenvalue weighted by molar-refractivity contribution is -0.137. The summed E-state index contributed by atoms with van der Waals surface area (Å²) >= 11 is 0. The lowest BCUT2D eigenvalue weighted by Crippen LogP contribution is -2.12. The molecule has 1 aromatic carbocycles. The van der Waals surface area contributed by atoms with Crippen LogP contribution >= 0.6 is 0 Å². The van der Waals surface area contributed by atoms with Gasteiger partial charge in [0.2, 0.25) is 0 Å². The fourth-order valence-electron chi connectivity index (χ4n) is 1.72. The van der Waals surface area contributed by atoms with Crippen LogP contribution in [0.4, 0.5) is 8.78 Å². The maximum Gasteiger partial charge on any atom is 0.323 e. The van der Waals surface area contributed by atoms with Gasteiger partial charge in [-0.1, -0.05) is 0 Å². The highest BCUT2D eigenvalue weighted by molar-refractivity contribution is 5.78. The Labute approximate surface area is 101 Å². The van der Waals surface area contributed by atoms with Gasteiger partial charge < -0.3 is 14.4 Å². The van der Waals surface area contributed by atoms with E-state index >= 15 is 0 Å². The van der Waals surface area contributed by atoms with Crippen LogP contribution in [-0.4, -0.2) is 27.7 Å². The summed E-state index contributed by atoms with van der Waals surface area (Å²) in [4.78, 5) is 14.8. The van der Waals surface area contributed by atoms with Crippen LogP contribution in [0.3, 0.4) is 0 Å². The molecule has 0 aliphatic heterocycles. The van der Waals surface area contributed by atoms with E-state index in [1.807, 2.05) is 0 Å². The van der Waals surface area contributed by atoms with Gasteiger partial charge in [-0.05, 0) is 0 Å². The van der Waals surface area contributed by atoms with Crippen LogP contribution in [0.5, 0.6) is 0 Å². The van der Waals surface area contributed by atoms with E-state index in [1.165, 1.54) is 11.7 Å². The molecule has 0 bridgehead atoms. The zero-order valence-corrected chi connectivity index (χ0v) is 9.48. The lowest BCUT2D eigenvalue weighted by Gasteiger charge is -2.05. The molecule has 0 atom stereocenters. The van der Waals surface area contributed by atoms with E-state index in [-0.39, 0.29) is 24.2 Å². The Morgan fingerprint density at radius 3 is 2.72 bits per heavy atom. The number of imidazole rings is 1. The molecule has 0 amide bonds. The van der Waals surface area contributed by atoms with Gasteiger partial charge in [0, 0.05) is 19.2 Å². The first-order chi connectivity index (χ1) is 8.52. The predicted molar refractivity (Wildman–Crippen MR) is 58.0 cm³/mol. The number of methoxy groups -OCH3 is 1. The van der Waals surface area contributed by atoms with Gasteiger partial charge in [-0.3, -0.25) is 4.79 Å².